The lowest BCUT2D eigenvalue weighted by Gasteiger charge is -2.37. The maximum absolute atomic E-state index is 13.9. The monoisotopic (exact) mass is 488 g/mol. The van der Waals surface area contributed by atoms with Crippen LogP contribution >= 0.6 is 0 Å². The van der Waals surface area contributed by atoms with Crippen LogP contribution in [0.2, 0.25) is 0 Å². The van der Waals surface area contributed by atoms with E-state index in [0.717, 1.165) is 5.56 Å². The Kier molecular flexibility index (Phi) is 11.0. The van der Waals surface area contributed by atoms with Gasteiger partial charge in [0.05, 0.1) is 0 Å². The number of hydrogen-bond acceptors (Lipinski definition) is 5. The van der Waals surface area contributed by atoms with Crippen molar-refractivity contribution in [2.75, 3.05) is 0 Å². The van der Waals surface area contributed by atoms with E-state index in [1.54, 1.807) is 58.9 Å². The van der Waals surface area contributed by atoms with Gasteiger partial charge >= 0.3 is 6.09 Å². The molecule has 0 saturated heterocycles. The molecule has 0 heterocycles. The maximum atomic E-state index is 13.9. The molecule has 0 aliphatic heterocycles. The Hall–Kier alpha value is -3.36. The van der Waals surface area contributed by atoms with Crippen LogP contribution in [0.1, 0.15) is 78.5 Å². The summed E-state index contributed by atoms with van der Waals surface area (Å²) in [6, 6.07) is 4.48. The molecule has 2 unspecified atom stereocenters. The van der Waals surface area contributed by atoms with E-state index in [1.165, 1.54) is 4.90 Å². The summed E-state index contributed by atoms with van der Waals surface area (Å²) in [4.78, 5) is 52.6. The fraction of sp³-hybridized carbons (Fsp3) is 0.538. The van der Waals surface area contributed by atoms with Crippen LogP contribution < -0.4 is 16.4 Å². The number of carbonyl (C=O) groups is 4. The minimum absolute atomic E-state index is 0.0398. The number of amides is 4. The zero-order valence-electron chi connectivity index (χ0n) is 21.9. The Morgan fingerprint density at radius 3 is 2.23 bits per heavy atom. The molecule has 35 heavy (non-hydrogen) atoms. The Bertz CT molecular complexity index is 921. The van der Waals surface area contributed by atoms with E-state index in [4.69, 9.17) is 10.5 Å². The largest absolute Gasteiger partial charge is 0.444 e. The molecular weight excluding hydrogens is 448 g/mol. The fourth-order valence-electron chi connectivity index (χ4n) is 3.51. The number of carbonyl (C=O) groups excluding carboxylic acids is 4. The SMILES string of the molecule is C=Cc1cccc(C(C(=O)NC(C)C)N(C(=O)C(CCC(N)=O)NC(=O)OC(C)(C)C)C(C)C)c1. The number of benzene rings is 1. The molecule has 0 aromatic heterocycles. The van der Waals surface area contributed by atoms with Crippen LogP contribution in [-0.4, -0.2) is 52.4 Å². The minimum atomic E-state index is -1.13. The predicted molar refractivity (Wildman–Crippen MR) is 136 cm³/mol. The number of primary amides is 1. The Labute approximate surface area is 208 Å². The number of nitrogens with two attached hydrogens (primary N) is 1. The van der Waals surface area contributed by atoms with E-state index in [0.29, 0.717) is 5.56 Å². The van der Waals surface area contributed by atoms with E-state index >= 15 is 0 Å². The van der Waals surface area contributed by atoms with Gasteiger partial charge in [0, 0.05) is 18.5 Å². The lowest BCUT2D eigenvalue weighted by atomic mass is 9.98. The standard InChI is InChI=1S/C26H40N4O5/c1-9-18-11-10-12-19(15-18)22(23(32)28-16(2)3)30(17(4)5)24(33)20(13-14-21(27)31)29-25(34)35-26(6,7)8/h9-12,15-17,20,22H,1,13-14H2,2-8H3,(H2,27,31)(H,28,32)(H,29,34). The molecule has 9 heteroatoms. The van der Waals surface area contributed by atoms with Crippen molar-refractivity contribution in [3.8, 4) is 0 Å². The van der Waals surface area contributed by atoms with Crippen LogP contribution in [0.15, 0.2) is 30.8 Å². The van der Waals surface area contributed by atoms with Crippen LogP contribution in [0.4, 0.5) is 4.79 Å². The van der Waals surface area contributed by atoms with Crippen molar-refractivity contribution in [1.82, 2.24) is 15.5 Å². The molecule has 1 aromatic rings. The van der Waals surface area contributed by atoms with Gasteiger partial charge in [0.2, 0.25) is 17.7 Å². The first-order chi connectivity index (χ1) is 16.2. The van der Waals surface area contributed by atoms with Crippen molar-refractivity contribution in [1.29, 1.82) is 0 Å². The molecule has 0 bridgehead atoms. The molecule has 9 nitrogen and oxygen atoms in total. The summed E-state index contributed by atoms with van der Waals surface area (Å²) in [5.74, 6) is -1.51. The quantitative estimate of drug-likeness (QED) is 0.440. The summed E-state index contributed by atoms with van der Waals surface area (Å²) in [5.41, 5.74) is 5.91. The Morgan fingerprint density at radius 2 is 1.74 bits per heavy atom. The molecular formula is C26H40N4O5. The van der Waals surface area contributed by atoms with Crippen LogP contribution in [0.3, 0.4) is 0 Å². The first-order valence-electron chi connectivity index (χ1n) is 11.8. The van der Waals surface area contributed by atoms with Gasteiger partial charge in [-0.1, -0.05) is 30.9 Å². The molecule has 1 rings (SSSR count). The molecule has 0 radical (unpaired) electrons. The first kappa shape index (κ1) is 29.7. The third-order valence-electron chi connectivity index (χ3n) is 4.90. The van der Waals surface area contributed by atoms with Crippen molar-refractivity contribution < 1.29 is 23.9 Å². The number of alkyl carbamates (subject to hydrolysis) is 1. The topological polar surface area (TPSA) is 131 Å². The minimum Gasteiger partial charge on any atom is -0.444 e. The molecule has 2 atom stereocenters. The van der Waals surface area contributed by atoms with Gasteiger partial charge in [-0.25, -0.2) is 4.79 Å². The van der Waals surface area contributed by atoms with Crippen LogP contribution in [0.25, 0.3) is 6.08 Å². The van der Waals surface area contributed by atoms with Crippen molar-refractivity contribution in [2.24, 2.45) is 5.73 Å². The molecule has 0 fully saturated rings. The zero-order chi connectivity index (χ0) is 26.9. The molecule has 4 N–H and O–H groups in total. The van der Waals surface area contributed by atoms with Crippen LogP contribution in [0, 0.1) is 0 Å². The third kappa shape index (κ3) is 9.80. The summed E-state index contributed by atoms with van der Waals surface area (Å²) in [6.45, 7) is 16.1. The molecule has 0 aliphatic rings. The molecule has 0 saturated carbocycles. The predicted octanol–water partition coefficient (Wildman–Crippen LogP) is 3.29. The number of hydrogen-bond donors (Lipinski definition) is 3. The Morgan fingerprint density at radius 1 is 1.11 bits per heavy atom. The average Bonchev–Trinajstić information content (AvgIpc) is 2.72. The summed E-state index contributed by atoms with van der Waals surface area (Å²) < 4.78 is 5.31. The number of ether oxygens (including phenoxy) is 1. The van der Waals surface area contributed by atoms with Crippen LogP contribution in [-0.2, 0) is 19.1 Å². The van der Waals surface area contributed by atoms with E-state index in [-0.39, 0.29) is 24.8 Å². The van der Waals surface area contributed by atoms with Crippen molar-refractivity contribution in [3.63, 3.8) is 0 Å². The van der Waals surface area contributed by atoms with Gasteiger partial charge in [0.1, 0.15) is 17.7 Å². The van der Waals surface area contributed by atoms with Crippen molar-refractivity contribution in [2.45, 2.75) is 91.1 Å². The van der Waals surface area contributed by atoms with Gasteiger partial charge in [-0.2, -0.15) is 0 Å². The molecule has 4 amide bonds. The molecule has 194 valence electrons. The highest BCUT2D eigenvalue weighted by Crippen LogP contribution is 2.27. The second-order valence-electron chi connectivity index (χ2n) is 9.98. The molecule has 1 aromatic carbocycles. The highest BCUT2D eigenvalue weighted by atomic mass is 16.6. The smallest absolute Gasteiger partial charge is 0.408 e. The highest BCUT2D eigenvalue weighted by Gasteiger charge is 2.38. The second kappa shape index (κ2) is 12.9. The maximum Gasteiger partial charge on any atom is 0.408 e. The molecule has 0 spiro atoms. The van der Waals surface area contributed by atoms with Gasteiger partial charge < -0.3 is 26.0 Å². The summed E-state index contributed by atoms with van der Waals surface area (Å²) in [6.07, 6.45) is 0.678. The summed E-state index contributed by atoms with van der Waals surface area (Å²) in [5, 5.41) is 5.45. The number of nitrogens with one attached hydrogen (secondary N) is 2. The fourth-order valence-corrected chi connectivity index (χ4v) is 3.51. The van der Waals surface area contributed by atoms with E-state index in [2.05, 4.69) is 17.2 Å². The van der Waals surface area contributed by atoms with E-state index < -0.39 is 41.6 Å². The van der Waals surface area contributed by atoms with Crippen LogP contribution in [0.5, 0.6) is 0 Å². The normalized spacial score (nSPS) is 13.1. The summed E-state index contributed by atoms with van der Waals surface area (Å²) in [7, 11) is 0. The molecule has 0 aliphatic carbocycles. The lowest BCUT2D eigenvalue weighted by Crippen LogP contribution is -2.55. The first-order valence-corrected chi connectivity index (χ1v) is 11.8. The van der Waals surface area contributed by atoms with Crippen molar-refractivity contribution >= 4 is 29.9 Å². The summed E-state index contributed by atoms with van der Waals surface area (Å²) >= 11 is 0. The van der Waals surface area contributed by atoms with Gasteiger partial charge in [-0.15, -0.1) is 0 Å². The highest BCUT2D eigenvalue weighted by molar-refractivity contribution is 5.92. The number of rotatable bonds is 11. The van der Waals surface area contributed by atoms with Gasteiger partial charge in [0.25, 0.3) is 0 Å². The lowest BCUT2D eigenvalue weighted by molar-refractivity contribution is -0.145. The third-order valence-corrected chi connectivity index (χ3v) is 4.90. The van der Waals surface area contributed by atoms with Gasteiger partial charge in [0.15, 0.2) is 0 Å². The second-order valence-corrected chi connectivity index (χ2v) is 9.98. The van der Waals surface area contributed by atoms with E-state index in [9.17, 15) is 19.2 Å². The van der Waals surface area contributed by atoms with Gasteiger partial charge in [-0.3, -0.25) is 14.4 Å². The van der Waals surface area contributed by atoms with Crippen molar-refractivity contribution in [3.05, 3.63) is 42.0 Å². The average molecular weight is 489 g/mol. The Balaban J connectivity index is 3.50. The van der Waals surface area contributed by atoms with Gasteiger partial charge in [-0.05, 0) is 72.1 Å². The number of nitrogens with zero attached hydrogens (tertiary/aromatic N) is 1. The zero-order valence-corrected chi connectivity index (χ0v) is 21.9. The van der Waals surface area contributed by atoms with E-state index in [1.807, 2.05) is 19.9 Å².